The van der Waals surface area contributed by atoms with Crippen molar-refractivity contribution in [1.29, 1.82) is 0 Å². The lowest BCUT2D eigenvalue weighted by atomic mass is 9.76. The van der Waals surface area contributed by atoms with Crippen LogP contribution in [-0.2, 0) is 4.74 Å². The summed E-state index contributed by atoms with van der Waals surface area (Å²) in [6.45, 7) is 8.93. The molecule has 0 radical (unpaired) electrons. The lowest BCUT2D eigenvalue weighted by molar-refractivity contribution is -0.124. The Morgan fingerprint density at radius 1 is 1.25 bits per heavy atom. The van der Waals surface area contributed by atoms with E-state index in [9.17, 15) is 0 Å². The van der Waals surface area contributed by atoms with Crippen molar-refractivity contribution in [1.82, 2.24) is 0 Å². The van der Waals surface area contributed by atoms with Crippen LogP contribution in [0, 0.1) is 11.3 Å². The van der Waals surface area contributed by atoms with Crippen LogP contribution in [0.25, 0.3) is 0 Å². The zero-order valence-electron chi connectivity index (χ0n) is 8.73. The largest absolute Gasteiger partial charge is 0.380 e. The van der Waals surface area contributed by atoms with E-state index in [-0.39, 0.29) is 0 Å². The van der Waals surface area contributed by atoms with Crippen molar-refractivity contribution >= 4 is 0 Å². The van der Waals surface area contributed by atoms with Crippen LogP contribution in [0.3, 0.4) is 0 Å². The summed E-state index contributed by atoms with van der Waals surface area (Å²) < 4.78 is 5.32. The van der Waals surface area contributed by atoms with E-state index in [1.54, 1.807) is 0 Å². The van der Waals surface area contributed by atoms with E-state index in [0.717, 1.165) is 19.1 Å². The van der Waals surface area contributed by atoms with E-state index in [0.29, 0.717) is 5.41 Å². The second-order valence-electron chi connectivity index (χ2n) is 4.68. The SMILES string of the molecule is CCCC1(CCC(C)C)COC1. The second-order valence-corrected chi connectivity index (χ2v) is 4.68. The summed E-state index contributed by atoms with van der Waals surface area (Å²) in [5.41, 5.74) is 0.582. The van der Waals surface area contributed by atoms with Gasteiger partial charge < -0.3 is 4.74 Å². The van der Waals surface area contributed by atoms with Gasteiger partial charge in [-0.3, -0.25) is 0 Å². The smallest absolute Gasteiger partial charge is 0.0544 e. The molecule has 0 aromatic carbocycles. The van der Waals surface area contributed by atoms with E-state index in [2.05, 4.69) is 20.8 Å². The molecule has 0 unspecified atom stereocenters. The van der Waals surface area contributed by atoms with Gasteiger partial charge in [0.25, 0.3) is 0 Å². The molecule has 0 N–H and O–H groups in total. The molecule has 0 aliphatic carbocycles. The molecule has 1 aliphatic rings. The first-order valence-corrected chi connectivity index (χ1v) is 5.26. The van der Waals surface area contributed by atoms with E-state index in [4.69, 9.17) is 4.74 Å². The van der Waals surface area contributed by atoms with Crippen LogP contribution in [0.2, 0.25) is 0 Å². The predicted molar refractivity (Wildman–Crippen MR) is 52.2 cm³/mol. The molecule has 1 heterocycles. The van der Waals surface area contributed by atoms with Gasteiger partial charge in [0.2, 0.25) is 0 Å². The second kappa shape index (κ2) is 4.27. The van der Waals surface area contributed by atoms with Gasteiger partial charge in [-0.05, 0) is 18.8 Å². The van der Waals surface area contributed by atoms with Crippen molar-refractivity contribution in [2.45, 2.75) is 46.5 Å². The summed E-state index contributed by atoms with van der Waals surface area (Å²) in [5.74, 6) is 0.847. The summed E-state index contributed by atoms with van der Waals surface area (Å²) in [4.78, 5) is 0. The minimum absolute atomic E-state index is 0.582. The van der Waals surface area contributed by atoms with E-state index in [1.165, 1.54) is 25.7 Å². The minimum atomic E-state index is 0.582. The van der Waals surface area contributed by atoms with Gasteiger partial charge in [-0.2, -0.15) is 0 Å². The fourth-order valence-electron chi connectivity index (χ4n) is 1.93. The van der Waals surface area contributed by atoms with Gasteiger partial charge in [0, 0.05) is 5.41 Å². The molecule has 1 aliphatic heterocycles. The van der Waals surface area contributed by atoms with Crippen LogP contribution >= 0.6 is 0 Å². The Hall–Kier alpha value is -0.0400. The molecule has 0 spiro atoms. The lowest BCUT2D eigenvalue weighted by Crippen LogP contribution is -2.42. The highest BCUT2D eigenvalue weighted by atomic mass is 16.5. The molecule has 12 heavy (non-hydrogen) atoms. The fraction of sp³-hybridized carbons (Fsp3) is 1.00. The molecule has 0 aromatic rings. The Kier molecular flexibility index (Phi) is 3.57. The van der Waals surface area contributed by atoms with Gasteiger partial charge in [-0.15, -0.1) is 0 Å². The number of hydrogen-bond donors (Lipinski definition) is 0. The number of ether oxygens (including phenoxy) is 1. The average Bonchev–Trinajstić information content (AvgIpc) is 1.94. The van der Waals surface area contributed by atoms with E-state index >= 15 is 0 Å². The van der Waals surface area contributed by atoms with Crippen LogP contribution in [0.1, 0.15) is 46.5 Å². The maximum atomic E-state index is 5.32. The third-order valence-electron chi connectivity index (χ3n) is 2.85. The quantitative estimate of drug-likeness (QED) is 0.615. The summed E-state index contributed by atoms with van der Waals surface area (Å²) in [6.07, 6.45) is 5.41. The maximum absolute atomic E-state index is 5.32. The van der Waals surface area contributed by atoms with Crippen molar-refractivity contribution in [3.8, 4) is 0 Å². The Balaban J connectivity index is 2.24. The molecular weight excluding hydrogens is 148 g/mol. The number of rotatable bonds is 5. The highest BCUT2D eigenvalue weighted by molar-refractivity contribution is 4.85. The van der Waals surface area contributed by atoms with Crippen molar-refractivity contribution in [3.63, 3.8) is 0 Å². The molecule has 0 saturated carbocycles. The topological polar surface area (TPSA) is 9.23 Å². The van der Waals surface area contributed by atoms with Crippen molar-refractivity contribution in [2.24, 2.45) is 11.3 Å². The van der Waals surface area contributed by atoms with Crippen LogP contribution < -0.4 is 0 Å². The molecule has 0 aromatic heterocycles. The van der Waals surface area contributed by atoms with Crippen LogP contribution in [0.5, 0.6) is 0 Å². The maximum Gasteiger partial charge on any atom is 0.0544 e. The average molecular weight is 170 g/mol. The summed E-state index contributed by atoms with van der Waals surface area (Å²) >= 11 is 0. The minimum Gasteiger partial charge on any atom is -0.380 e. The Morgan fingerprint density at radius 2 is 1.92 bits per heavy atom. The Bertz CT molecular complexity index is 125. The molecular formula is C11H22O. The monoisotopic (exact) mass is 170 g/mol. The van der Waals surface area contributed by atoms with Gasteiger partial charge in [-0.25, -0.2) is 0 Å². The van der Waals surface area contributed by atoms with Gasteiger partial charge in [-0.1, -0.05) is 33.6 Å². The molecule has 0 amide bonds. The highest BCUT2D eigenvalue weighted by Crippen LogP contribution is 2.38. The molecule has 72 valence electrons. The molecule has 1 rings (SSSR count). The Morgan fingerprint density at radius 3 is 2.25 bits per heavy atom. The van der Waals surface area contributed by atoms with Crippen LogP contribution in [0.4, 0.5) is 0 Å². The lowest BCUT2D eigenvalue weighted by Gasteiger charge is -2.42. The highest BCUT2D eigenvalue weighted by Gasteiger charge is 2.36. The molecule has 1 heteroatoms. The molecule has 0 bridgehead atoms. The standard InChI is InChI=1S/C11H22O/c1-4-6-11(8-12-9-11)7-5-10(2)3/h10H,4-9H2,1-3H3. The first-order chi connectivity index (χ1) is 5.68. The zero-order chi connectivity index (χ0) is 9.03. The fourth-order valence-corrected chi connectivity index (χ4v) is 1.93. The summed E-state index contributed by atoms with van der Waals surface area (Å²) in [7, 11) is 0. The van der Waals surface area contributed by atoms with Crippen LogP contribution in [-0.4, -0.2) is 13.2 Å². The van der Waals surface area contributed by atoms with Gasteiger partial charge in [0.05, 0.1) is 13.2 Å². The molecule has 1 saturated heterocycles. The van der Waals surface area contributed by atoms with Crippen molar-refractivity contribution in [3.05, 3.63) is 0 Å². The van der Waals surface area contributed by atoms with Crippen LogP contribution in [0.15, 0.2) is 0 Å². The van der Waals surface area contributed by atoms with Crippen molar-refractivity contribution < 1.29 is 4.74 Å². The third kappa shape index (κ3) is 2.48. The predicted octanol–water partition coefficient (Wildman–Crippen LogP) is 3.24. The molecule has 0 atom stereocenters. The number of hydrogen-bond acceptors (Lipinski definition) is 1. The zero-order valence-corrected chi connectivity index (χ0v) is 8.73. The first kappa shape index (κ1) is 10.0. The normalized spacial score (nSPS) is 21.0. The molecule has 1 nitrogen and oxygen atoms in total. The Labute approximate surface area is 76.5 Å². The molecule has 1 fully saturated rings. The van der Waals surface area contributed by atoms with Gasteiger partial charge in [0.1, 0.15) is 0 Å². The summed E-state index contributed by atoms with van der Waals surface area (Å²) in [6, 6.07) is 0. The first-order valence-electron chi connectivity index (χ1n) is 5.26. The summed E-state index contributed by atoms with van der Waals surface area (Å²) in [5, 5.41) is 0. The third-order valence-corrected chi connectivity index (χ3v) is 2.85. The van der Waals surface area contributed by atoms with E-state index < -0.39 is 0 Å². The van der Waals surface area contributed by atoms with Gasteiger partial charge in [0.15, 0.2) is 0 Å². The van der Waals surface area contributed by atoms with E-state index in [1.807, 2.05) is 0 Å². The van der Waals surface area contributed by atoms with Gasteiger partial charge >= 0.3 is 0 Å². The van der Waals surface area contributed by atoms with Crippen molar-refractivity contribution in [2.75, 3.05) is 13.2 Å².